The Bertz CT molecular complexity index is 170. The third-order valence-corrected chi connectivity index (χ3v) is 3.69. The zero-order valence-corrected chi connectivity index (χ0v) is 7.98. The predicted molar refractivity (Wildman–Crippen MR) is 46.4 cm³/mol. The van der Waals surface area contributed by atoms with Crippen LogP contribution in [-0.4, -0.2) is 5.78 Å². The lowest BCUT2D eigenvalue weighted by atomic mass is 9.63. The summed E-state index contributed by atoms with van der Waals surface area (Å²) in [5, 5.41) is 0. The summed E-state index contributed by atoms with van der Waals surface area (Å²) >= 11 is 0. The molecule has 0 heterocycles. The van der Waals surface area contributed by atoms with E-state index in [1.165, 1.54) is 0 Å². The molecule has 1 saturated carbocycles. The highest BCUT2D eigenvalue weighted by Gasteiger charge is 2.39. The third-order valence-electron chi connectivity index (χ3n) is 3.69. The lowest BCUT2D eigenvalue weighted by Gasteiger charge is -2.40. The van der Waals surface area contributed by atoms with E-state index in [0.29, 0.717) is 11.7 Å². The molecule has 11 heavy (non-hydrogen) atoms. The van der Waals surface area contributed by atoms with E-state index in [-0.39, 0.29) is 11.3 Å². The number of ketones is 1. The fraction of sp³-hybridized carbons (Fsp3) is 0.900. The van der Waals surface area contributed by atoms with E-state index in [1.54, 1.807) is 0 Å². The first-order valence-electron chi connectivity index (χ1n) is 4.49. The maximum absolute atomic E-state index is 11.4. The summed E-state index contributed by atoms with van der Waals surface area (Å²) in [5.74, 6) is 1.40. The SMILES string of the molecule is C[C@@H]1CCC(=O)[C@H](C)C1(C)C. The number of carbonyl (C=O) groups is 1. The maximum Gasteiger partial charge on any atom is 0.136 e. The van der Waals surface area contributed by atoms with Crippen LogP contribution in [0.5, 0.6) is 0 Å². The minimum atomic E-state index is 0.218. The first-order chi connectivity index (χ1) is 4.96. The molecule has 1 aliphatic carbocycles. The van der Waals surface area contributed by atoms with Gasteiger partial charge >= 0.3 is 0 Å². The number of carbonyl (C=O) groups excluding carboxylic acids is 1. The van der Waals surface area contributed by atoms with Gasteiger partial charge in [0.2, 0.25) is 0 Å². The highest BCUT2D eigenvalue weighted by atomic mass is 16.1. The van der Waals surface area contributed by atoms with Crippen LogP contribution in [0.2, 0.25) is 0 Å². The van der Waals surface area contributed by atoms with Crippen molar-refractivity contribution in [3.05, 3.63) is 0 Å². The molecule has 0 aromatic rings. The molecule has 2 atom stereocenters. The molecule has 0 aromatic heterocycles. The summed E-state index contributed by atoms with van der Waals surface area (Å²) in [6.07, 6.45) is 1.88. The molecule has 0 aromatic carbocycles. The summed E-state index contributed by atoms with van der Waals surface area (Å²) in [6.45, 7) is 8.74. The van der Waals surface area contributed by atoms with Crippen molar-refractivity contribution in [2.45, 2.75) is 40.5 Å². The molecule has 0 unspecified atom stereocenters. The number of hydrogen-bond acceptors (Lipinski definition) is 1. The molecule has 0 aliphatic heterocycles. The quantitative estimate of drug-likeness (QED) is 0.524. The summed E-state index contributed by atoms with van der Waals surface area (Å²) in [5.41, 5.74) is 0.218. The Hall–Kier alpha value is -0.330. The number of hydrogen-bond donors (Lipinski definition) is 0. The van der Waals surface area contributed by atoms with Crippen molar-refractivity contribution in [1.29, 1.82) is 0 Å². The van der Waals surface area contributed by atoms with Crippen molar-refractivity contribution in [2.24, 2.45) is 17.3 Å². The van der Waals surface area contributed by atoms with Gasteiger partial charge in [0.05, 0.1) is 0 Å². The zero-order valence-electron chi connectivity index (χ0n) is 7.98. The monoisotopic (exact) mass is 154 g/mol. The van der Waals surface area contributed by atoms with Gasteiger partial charge < -0.3 is 0 Å². The van der Waals surface area contributed by atoms with Crippen LogP contribution in [0.15, 0.2) is 0 Å². The zero-order chi connectivity index (χ0) is 8.65. The molecule has 0 radical (unpaired) electrons. The van der Waals surface area contributed by atoms with Crippen LogP contribution < -0.4 is 0 Å². The highest BCUT2D eigenvalue weighted by Crippen LogP contribution is 2.42. The molecule has 0 amide bonds. The lowest BCUT2D eigenvalue weighted by molar-refractivity contribution is -0.130. The number of Topliss-reactive ketones (excluding diaryl/α,β-unsaturated/α-hetero) is 1. The standard InChI is InChI=1S/C10H18O/c1-7-5-6-9(11)8(2)10(7,3)4/h7-8H,5-6H2,1-4H3/t7-,8+/m1/s1. The molecule has 0 N–H and O–H groups in total. The van der Waals surface area contributed by atoms with Gasteiger partial charge in [-0.3, -0.25) is 4.79 Å². The minimum Gasteiger partial charge on any atom is -0.299 e. The molecule has 0 spiro atoms. The Morgan fingerprint density at radius 2 is 1.91 bits per heavy atom. The Labute approximate surface area is 69.2 Å². The molecular formula is C10H18O. The van der Waals surface area contributed by atoms with Gasteiger partial charge in [-0.15, -0.1) is 0 Å². The summed E-state index contributed by atoms with van der Waals surface area (Å²) < 4.78 is 0. The van der Waals surface area contributed by atoms with E-state index < -0.39 is 0 Å². The van der Waals surface area contributed by atoms with Crippen LogP contribution in [0, 0.1) is 17.3 Å². The van der Waals surface area contributed by atoms with Gasteiger partial charge in [-0.2, -0.15) is 0 Å². The van der Waals surface area contributed by atoms with Crippen LogP contribution in [-0.2, 0) is 4.79 Å². The Morgan fingerprint density at radius 3 is 2.36 bits per heavy atom. The van der Waals surface area contributed by atoms with Crippen molar-refractivity contribution < 1.29 is 4.79 Å². The number of rotatable bonds is 0. The van der Waals surface area contributed by atoms with Crippen LogP contribution in [0.25, 0.3) is 0 Å². The fourth-order valence-corrected chi connectivity index (χ4v) is 1.79. The van der Waals surface area contributed by atoms with Crippen molar-refractivity contribution in [2.75, 3.05) is 0 Å². The molecule has 1 heteroatoms. The van der Waals surface area contributed by atoms with Gasteiger partial charge in [0.1, 0.15) is 5.78 Å². The van der Waals surface area contributed by atoms with E-state index in [1.807, 2.05) is 0 Å². The molecule has 1 rings (SSSR count). The Balaban J connectivity index is 2.80. The predicted octanol–water partition coefficient (Wildman–Crippen LogP) is 2.65. The first kappa shape index (κ1) is 8.76. The topological polar surface area (TPSA) is 17.1 Å². The first-order valence-corrected chi connectivity index (χ1v) is 4.49. The minimum absolute atomic E-state index is 0.218. The summed E-state index contributed by atoms with van der Waals surface area (Å²) in [6, 6.07) is 0. The van der Waals surface area contributed by atoms with Gasteiger partial charge in [-0.25, -0.2) is 0 Å². The van der Waals surface area contributed by atoms with Gasteiger partial charge in [0.15, 0.2) is 0 Å². The maximum atomic E-state index is 11.4. The third kappa shape index (κ3) is 1.33. The van der Waals surface area contributed by atoms with E-state index in [9.17, 15) is 4.79 Å². The van der Waals surface area contributed by atoms with Crippen LogP contribution in [0.1, 0.15) is 40.5 Å². The van der Waals surface area contributed by atoms with Gasteiger partial charge in [-0.1, -0.05) is 27.7 Å². The molecule has 0 saturated heterocycles. The molecule has 1 aliphatic rings. The van der Waals surface area contributed by atoms with Crippen molar-refractivity contribution in [1.82, 2.24) is 0 Å². The fourth-order valence-electron chi connectivity index (χ4n) is 1.79. The molecule has 64 valence electrons. The second kappa shape index (κ2) is 2.62. The van der Waals surface area contributed by atoms with E-state index in [0.717, 1.165) is 12.8 Å². The Kier molecular flexibility index (Phi) is 2.08. The van der Waals surface area contributed by atoms with Crippen molar-refractivity contribution >= 4 is 5.78 Å². The van der Waals surface area contributed by atoms with E-state index >= 15 is 0 Å². The largest absolute Gasteiger partial charge is 0.299 e. The van der Waals surface area contributed by atoms with Crippen LogP contribution in [0.3, 0.4) is 0 Å². The van der Waals surface area contributed by atoms with Crippen LogP contribution >= 0.6 is 0 Å². The smallest absolute Gasteiger partial charge is 0.136 e. The van der Waals surface area contributed by atoms with E-state index in [4.69, 9.17) is 0 Å². The average Bonchev–Trinajstić information content (AvgIpc) is 1.95. The van der Waals surface area contributed by atoms with Crippen molar-refractivity contribution in [3.8, 4) is 0 Å². The highest BCUT2D eigenvalue weighted by molar-refractivity contribution is 5.82. The average molecular weight is 154 g/mol. The van der Waals surface area contributed by atoms with Crippen molar-refractivity contribution in [3.63, 3.8) is 0 Å². The molecule has 0 bridgehead atoms. The van der Waals surface area contributed by atoms with Gasteiger partial charge in [0.25, 0.3) is 0 Å². The van der Waals surface area contributed by atoms with Gasteiger partial charge in [-0.05, 0) is 17.8 Å². The molecule has 1 fully saturated rings. The Morgan fingerprint density at radius 1 is 1.36 bits per heavy atom. The second-order valence-corrected chi connectivity index (χ2v) is 4.45. The van der Waals surface area contributed by atoms with E-state index in [2.05, 4.69) is 27.7 Å². The van der Waals surface area contributed by atoms with Crippen LogP contribution in [0.4, 0.5) is 0 Å². The molecule has 1 nitrogen and oxygen atoms in total. The second-order valence-electron chi connectivity index (χ2n) is 4.45. The molecular weight excluding hydrogens is 136 g/mol. The normalized spacial score (nSPS) is 37.3. The lowest BCUT2D eigenvalue weighted by Crippen LogP contribution is -2.38. The van der Waals surface area contributed by atoms with Gasteiger partial charge in [0, 0.05) is 12.3 Å². The summed E-state index contributed by atoms with van der Waals surface area (Å²) in [4.78, 5) is 11.4. The summed E-state index contributed by atoms with van der Waals surface area (Å²) in [7, 11) is 0.